The molecule has 0 aromatic carbocycles. The molecule has 3 aromatic rings. The van der Waals surface area contributed by atoms with E-state index >= 15 is 0 Å². The van der Waals surface area contributed by atoms with Gasteiger partial charge in [-0.3, -0.25) is 0 Å². The van der Waals surface area contributed by atoms with Crippen LogP contribution in [0.1, 0.15) is 20.8 Å². The summed E-state index contributed by atoms with van der Waals surface area (Å²) >= 11 is 2.66. The van der Waals surface area contributed by atoms with E-state index in [4.69, 9.17) is 4.65 Å². The maximum absolute atomic E-state index is 9.57. The average molecular weight is 629 g/mol. The molecule has 0 aliphatic heterocycles. The van der Waals surface area contributed by atoms with E-state index in [1.807, 2.05) is 43.0 Å². The minimum atomic E-state index is -0.194. The first-order valence-electron chi connectivity index (χ1n) is 9.47. The van der Waals surface area contributed by atoms with Crippen molar-refractivity contribution < 1.29 is 28.8 Å². The standard InChI is InChI=1S/C9H9BN6.C6H15P.C3H3OS.CO.W/c1-4-11-14(7-1)10(15-8-2-5-12-15)16-9-3-6-13-16;1-4-7(5-2)6-3;1-5-3-2-4;1-2;/h1-9H;4-6H2,1-3H3;1H3;;/q-1;;-1;;. The smallest absolute Gasteiger partial charge is 0.260 e. The monoisotopic (exact) mass is 629 g/mol. The molecule has 0 bridgehead atoms. The van der Waals surface area contributed by atoms with Gasteiger partial charge in [0.25, 0.3) is 7.12 Å². The molecule has 0 fully saturated rings. The second-order valence-corrected chi connectivity index (χ2v) is 12.1. The van der Waals surface area contributed by atoms with Crippen LogP contribution in [0.3, 0.4) is 0 Å². The van der Waals surface area contributed by atoms with E-state index in [1.54, 1.807) is 38.7 Å². The maximum Gasteiger partial charge on any atom is 0.260 e. The molecule has 0 saturated carbocycles. The molecule has 8 nitrogen and oxygen atoms in total. The zero-order chi connectivity index (χ0) is 23.5. The number of nitrogens with zero attached hydrogens (tertiary/aromatic N) is 6. The maximum atomic E-state index is 9.57. The van der Waals surface area contributed by atoms with Gasteiger partial charge in [-0.15, -0.1) is 7.92 Å². The van der Waals surface area contributed by atoms with E-state index < -0.39 is 0 Å². The van der Waals surface area contributed by atoms with Crippen LogP contribution in [0.25, 0.3) is 0 Å². The first kappa shape index (κ1) is 29.4. The second-order valence-electron chi connectivity index (χ2n) is 5.52. The summed E-state index contributed by atoms with van der Waals surface area (Å²) in [6.45, 7) is 11.4. The molecule has 0 spiro atoms. The molecule has 3 heterocycles. The summed E-state index contributed by atoms with van der Waals surface area (Å²) in [5.74, 6) is 0. The van der Waals surface area contributed by atoms with Crippen LogP contribution in [-0.4, -0.2) is 70.4 Å². The molecule has 3 aromatic heterocycles. The minimum Gasteiger partial charge on any atom is -0.425 e. The molecule has 0 atom stereocenters. The van der Waals surface area contributed by atoms with E-state index in [0.29, 0.717) is 7.92 Å². The number of carbonyl (C=O) groups excluding carboxylic acids is 1. The minimum absolute atomic E-state index is 0.194. The molecule has 167 valence electrons. The molecule has 12 heteroatoms. The zero-order valence-corrected chi connectivity index (χ0v) is 22.8. The van der Waals surface area contributed by atoms with Gasteiger partial charge in [0, 0.05) is 18.6 Å². The molecule has 0 N–H and O–H groups in total. The average Bonchev–Trinajstić information content (AvgIpc) is 3.62. The second kappa shape index (κ2) is 19.2. The third kappa shape index (κ3) is 11.6. The number of rotatable bonds is 8. The van der Waals surface area contributed by atoms with E-state index in [-0.39, 0.29) is 7.12 Å². The van der Waals surface area contributed by atoms with Crippen LogP contribution >= 0.6 is 19.7 Å². The third-order valence-electron chi connectivity index (χ3n) is 3.89. The molecule has 1 radical (unpaired) electrons. The van der Waals surface area contributed by atoms with Gasteiger partial charge >= 0.3 is 63.0 Å². The summed E-state index contributed by atoms with van der Waals surface area (Å²) in [6.07, 6.45) is 18.8. The van der Waals surface area contributed by atoms with E-state index in [1.165, 1.54) is 49.6 Å². The Morgan fingerprint density at radius 1 is 0.968 bits per heavy atom. The Hall–Kier alpha value is -1.56. The summed E-state index contributed by atoms with van der Waals surface area (Å²) in [7, 11) is 0.252. The Balaban J connectivity index is 0.000000505. The van der Waals surface area contributed by atoms with Crippen LogP contribution in [0.2, 0.25) is 0 Å². The fourth-order valence-corrected chi connectivity index (χ4v) is 3.75. The first-order valence-corrected chi connectivity index (χ1v) is 14.1. The molecule has 0 aliphatic rings. The Morgan fingerprint density at radius 3 is 1.45 bits per heavy atom. The van der Waals surface area contributed by atoms with E-state index in [2.05, 4.69) is 42.7 Å². The zero-order valence-electron chi connectivity index (χ0n) is 18.2. The molecular weight excluding hydrogens is 602 g/mol. The van der Waals surface area contributed by atoms with Crippen LogP contribution in [-0.2, 0) is 28.8 Å². The number of thioether (sulfide) groups is 1. The van der Waals surface area contributed by atoms with Crippen LogP contribution in [0.15, 0.2) is 55.4 Å². The predicted molar refractivity (Wildman–Crippen MR) is 125 cm³/mol. The molecule has 0 aliphatic carbocycles. The Labute approximate surface area is 201 Å². The van der Waals surface area contributed by atoms with Crippen molar-refractivity contribution in [1.82, 2.24) is 29.1 Å². The van der Waals surface area contributed by atoms with Crippen LogP contribution in [0.5, 0.6) is 0 Å². The third-order valence-corrected chi connectivity index (χ3v) is 9.13. The normalized spacial score (nSPS) is 9.55. The molecule has 0 saturated heterocycles. The van der Waals surface area contributed by atoms with Gasteiger partial charge in [0.1, 0.15) is 0 Å². The van der Waals surface area contributed by atoms with Gasteiger partial charge in [0.05, 0.1) is 0 Å². The fraction of sp³-hybridized carbons (Fsp3) is 0.368. The Bertz CT molecular complexity index is 740. The van der Waals surface area contributed by atoms with Crippen molar-refractivity contribution >= 4 is 36.3 Å². The van der Waals surface area contributed by atoms with E-state index in [0.717, 1.165) is 3.23 Å². The van der Waals surface area contributed by atoms with Gasteiger partial charge in [-0.25, -0.2) is 15.3 Å². The van der Waals surface area contributed by atoms with Crippen molar-refractivity contribution in [3.05, 3.63) is 62.0 Å². The first-order chi connectivity index (χ1) is 15.1. The molecule has 3 rings (SSSR count). The Morgan fingerprint density at radius 2 is 1.32 bits per heavy atom. The van der Waals surface area contributed by atoms with Gasteiger partial charge in [-0.2, -0.15) is 0 Å². The molecule has 0 unspecified atom stereocenters. The summed E-state index contributed by atoms with van der Waals surface area (Å²) < 4.78 is 13.7. The van der Waals surface area contributed by atoms with Gasteiger partial charge < -0.3 is 13.8 Å². The van der Waals surface area contributed by atoms with Crippen molar-refractivity contribution in [2.75, 3.05) is 24.7 Å². The largest absolute Gasteiger partial charge is 0.425 e. The van der Waals surface area contributed by atoms with Crippen LogP contribution in [0, 0.1) is 6.65 Å². The summed E-state index contributed by atoms with van der Waals surface area (Å²) in [4.78, 5) is 9.57. The number of aromatic nitrogens is 6. The van der Waals surface area contributed by atoms with Gasteiger partial charge in [0.2, 0.25) is 0 Å². The molecule has 0 amide bonds. The van der Waals surface area contributed by atoms with Crippen molar-refractivity contribution in [3.63, 3.8) is 0 Å². The molecular formula is C19H27BN6O2PSW-2. The SMILES string of the molecule is CCP(CC)CC.CS[C](=[W])[C-]=O.[C-]#[O+].c1cnn([B-](n2cccn2)n2cccn2)c1. The number of hydrogen-bond donors (Lipinski definition) is 0. The van der Waals surface area contributed by atoms with Gasteiger partial charge in [-0.1, -0.05) is 20.8 Å². The summed E-state index contributed by atoms with van der Waals surface area (Å²) in [5, 5.41) is 12.7. The van der Waals surface area contributed by atoms with Crippen LogP contribution < -0.4 is 0 Å². The Kier molecular flexibility index (Phi) is 18.2. The predicted octanol–water partition coefficient (Wildman–Crippen LogP) is 2.83. The van der Waals surface area contributed by atoms with Gasteiger partial charge in [0.15, 0.2) is 0 Å². The van der Waals surface area contributed by atoms with Crippen molar-refractivity contribution in [2.24, 2.45) is 0 Å². The topological polar surface area (TPSA) is 90.4 Å². The van der Waals surface area contributed by atoms with Gasteiger partial charge in [-0.05, 0) is 55.3 Å². The van der Waals surface area contributed by atoms with E-state index in [9.17, 15) is 4.79 Å². The van der Waals surface area contributed by atoms with Crippen molar-refractivity contribution in [3.8, 4) is 0 Å². The molecule has 31 heavy (non-hydrogen) atoms. The fourth-order valence-electron chi connectivity index (χ4n) is 2.33. The number of hydrogen-bond acceptors (Lipinski definition) is 5. The van der Waals surface area contributed by atoms with Crippen molar-refractivity contribution in [2.45, 2.75) is 20.8 Å². The van der Waals surface area contributed by atoms with Crippen molar-refractivity contribution in [1.29, 1.82) is 0 Å². The van der Waals surface area contributed by atoms with Crippen LogP contribution in [0.4, 0.5) is 0 Å². The summed E-state index contributed by atoms with van der Waals surface area (Å²) in [5.41, 5.74) is 0. The summed E-state index contributed by atoms with van der Waals surface area (Å²) in [6, 6.07) is 5.62. The quantitative estimate of drug-likeness (QED) is 0.166.